The van der Waals surface area contributed by atoms with Gasteiger partial charge in [-0.25, -0.2) is 8.42 Å². The third-order valence-corrected chi connectivity index (χ3v) is 5.21. The molecule has 20 heavy (non-hydrogen) atoms. The summed E-state index contributed by atoms with van der Waals surface area (Å²) < 4.78 is 22.8. The summed E-state index contributed by atoms with van der Waals surface area (Å²) in [7, 11) is -0.763. The molecule has 1 aliphatic heterocycles. The largest absolute Gasteiger partial charge is 0.357 e. The van der Waals surface area contributed by atoms with Crippen molar-refractivity contribution >= 4 is 39.8 Å². The standard InChI is InChI=1S/C13H27N3O2S.HI/c1-4-6-8-16(3)13(14-5-2)15-10-12-7-9-19(17,18)11-12;/h12H,4-11H2,1-3H3,(H,14,15);1H. The fourth-order valence-electron chi connectivity index (χ4n) is 2.20. The van der Waals surface area contributed by atoms with E-state index in [1.807, 2.05) is 14.0 Å². The summed E-state index contributed by atoms with van der Waals surface area (Å²) in [6, 6.07) is 0. The van der Waals surface area contributed by atoms with Crippen LogP contribution in [0.25, 0.3) is 0 Å². The normalized spacial score (nSPS) is 21.4. The summed E-state index contributed by atoms with van der Waals surface area (Å²) in [5, 5.41) is 3.26. The number of nitrogens with one attached hydrogen (secondary N) is 1. The molecule has 0 radical (unpaired) electrons. The third-order valence-electron chi connectivity index (χ3n) is 3.37. The Bertz CT molecular complexity index is 398. The molecule has 1 heterocycles. The summed E-state index contributed by atoms with van der Waals surface area (Å²) in [6.45, 7) is 6.63. The van der Waals surface area contributed by atoms with E-state index in [1.165, 1.54) is 0 Å². The predicted molar refractivity (Wildman–Crippen MR) is 95.7 cm³/mol. The SMILES string of the molecule is CCCCN(C)C(=NCC1CCS(=O)(=O)C1)NCC.I. The van der Waals surface area contributed by atoms with Crippen LogP contribution in [0.1, 0.15) is 33.1 Å². The first-order chi connectivity index (χ1) is 8.98. The van der Waals surface area contributed by atoms with Crippen molar-refractivity contribution in [1.29, 1.82) is 0 Å². The molecule has 0 aromatic heterocycles. The lowest BCUT2D eigenvalue weighted by Gasteiger charge is -2.22. The minimum Gasteiger partial charge on any atom is -0.357 e. The summed E-state index contributed by atoms with van der Waals surface area (Å²) in [6.07, 6.45) is 3.05. The van der Waals surface area contributed by atoms with Crippen molar-refractivity contribution < 1.29 is 8.42 Å². The first-order valence-corrected chi connectivity index (χ1v) is 9.00. The van der Waals surface area contributed by atoms with Crippen molar-refractivity contribution in [1.82, 2.24) is 10.2 Å². The fourth-order valence-corrected chi connectivity index (χ4v) is 4.05. The summed E-state index contributed by atoms with van der Waals surface area (Å²) in [4.78, 5) is 6.70. The Kier molecular flexibility index (Phi) is 9.78. The number of halogens is 1. The van der Waals surface area contributed by atoms with Crippen molar-refractivity contribution in [2.75, 3.05) is 38.2 Å². The Balaban J connectivity index is 0.00000361. The maximum atomic E-state index is 11.4. The minimum atomic E-state index is -2.79. The van der Waals surface area contributed by atoms with Crippen LogP contribution in [-0.2, 0) is 9.84 Å². The summed E-state index contributed by atoms with van der Waals surface area (Å²) >= 11 is 0. The molecule has 0 amide bonds. The van der Waals surface area contributed by atoms with Crippen LogP contribution >= 0.6 is 24.0 Å². The first-order valence-electron chi connectivity index (χ1n) is 7.18. The van der Waals surface area contributed by atoms with E-state index in [-0.39, 0.29) is 29.9 Å². The van der Waals surface area contributed by atoms with Gasteiger partial charge in [0, 0.05) is 26.7 Å². The molecule has 0 aliphatic carbocycles. The molecule has 1 fully saturated rings. The Labute approximate surface area is 140 Å². The van der Waals surface area contributed by atoms with Crippen LogP contribution in [0.2, 0.25) is 0 Å². The molecule has 1 N–H and O–H groups in total. The average Bonchev–Trinajstić information content (AvgIpc) is 2.71. The highest BCUT2D eigenvalue weighted by molar-refractivity contribution is 14.0. The number of guanidine groups is 1. The molecule has 1 rings (SSSR count). The number of hydrogen-bond acceptors (Lipinski definition) is 3. The van der Waals surface area contributed by atoms with E-state index in [4.69, 9.17) is 0 Å². The van der Waals surface area contributed by atoms with E-state index in [0.717, 1.165) is 38.3 Å². The number of hydrogen-bond donors (Lipinski definition) is 1. The number of sulfone groups is 1. The van der Waals surface area contributed by atoms with Crippen LogP contribution in [0.3, 0.4) is 0 Å². The number of unbranched alkanes of at least 4 members (excludes halogenated alkanes) is 1. The van der Waals surface area contributed by atoms with Gasteiger partial charge in [0.25, 0.3) is 0 Å². The topological polar surface area (TPSA) is 61.8 Å². The lowest BCUT2D eigenvalue weighted by Crippen LogP contribution is -2.39. The van der Waals surface area contributed by atoms with Crippen LogP contribution in [0.4, 0.5) is 0 Å². The lowest BCUT2D eigenvalue weighted by molar-refractivity contribution is 0.461. The monoisotopic (exact) mass is 417 g/mol. The maximum absolute atomic E-state index is 11.4. The third kappa shape index (κ3) is 7.10. The fraction of sp³-hybridized carbons (Fsp3) is 0.923. The van der Waals surface area contributed by atoms with Crippen molar-refractivity contribution in [3.63, 3.8) is 0 Å². The van der Waals surface area contributed by atoms with Crippen LogP contribution in [0, 0.1) is 5.92 Å². The molecule has 120 valence electrons. The molecule has 7 heteroatoms. The van der Waals surface area contributed by atoms with Gasteiger partial charge in [0.2, 0.25) is 0 Å². The van der Waals surface area contributed by atoms with E-state index >= 15 is 0 Å². The molecule has 0 saturated carbocycles. The average molecular weight is 417 g/mol. The van der Waals surface area contributed by atoms with Crippen molar-refractivity contribution in [3.05, 3.63) is 0 Å². The highest BCUT2D eigenvalue weighted by Gasteiger charge is 2.27. The van der Waals surface area contributed by atoms with Gasteiger partial charge in [0.05, 0.1) is 11.5 Å². The van der Waals surface area contributed by atoms with E-state index < -0.39 is 9.84 Å². The van der Waals surface area contributed by atoms with Crippen LogP contribution in [0.5, 0.6) is 0 Å². The van der Waals surface area contributed by atoms with Gasteiger partial charge in [-0.2, -0.15) is 0 Å². The van der Waals surface area contributed by atoms with Crippen LogP contribution in [-0.4, -0.2) is 57.5 Å². The Morgan fingerprint density at radius 3 is 2.60 bits per heavy atom. The van der Waals surface area contributed by atoms with E-state index in [0.29, 0.717) is 18.1 Å². The zero-order chi connectivity index (χ0) is 14.3. The number of aliphatic imine (C=N–C) groups is 1. The second kappa shape index (κ2) is 9.81. The van der Waals surface area contributed by atoms with Gasteiger partial charge in [0.1, 0.15) is 0 Å². The quantitative estimate of drug-likeness (QED) is 0.406. The van der Waals surface area contributed by atoms with Gasteiger partial charge in [-0.1, -0.05) is 13.3 Å². The highest BCUT2D eigenvalue weighted by atomic mass is 127. The van der Waals surface area contributed by atoms with Gasteiger partial charge in [-0.05, 0) is 25.7 Å². The second-order valence-electron chi connectivity index (χ2n) is 5.24. The van der Waals surface area contributed by atoms with Gasteiger partial charge < -0.3 is 10.2 Å². The Morgan fingerprint density at radius 2 is 2.10 bits per heavy atom. The summed E-state index contributed by atoms with van der Waals surface area (Å²) in [5.74, 6) is 1.71. The van der Waals surface area contributed by atoms with E-state index in [2.05, 4.69) is 22.1 Å². The molecule has 5 nitrogen and oxygen atoms in total. The lowest BCUT2D eigenvalue weighted by atomic mass is 10.1. The van der Waals surface area contributed by atoms with Crippen molar-refractivity contribution in [2.24, 2.45) is 10.9 Å². The maximum Gasteiger partial charge on any atom is 0.193 e. The van der Waals surface area contributed by atoms with Crippen molar-refractivity contribution in [2.45, 2.75) is 33.1 Å². The molecule has 1 unspecified atom stereocenters. The molecular formula is C13H28IN3O2S. The van der Waals surface area contributed by atoms with Crippen LogP contribution < -0.4 is 5.32 Å². The second-order valence-corrected chi connectivity index (χ2v) is 7.47. The highest BCUT2D eigenvalue weighted by Crippen LogP contribution is 2.18. The summed E-state index contributed by atoms with van der Waals surface area (Å²) in [5.41, 5.74) is 0. The number of rotatable bonds is 6. The van der Waals surface area contributed by atoms with Gasteiger partial charge in [-0.15, -0.1) is 24.0 Å². The van der Waals surface area contributed by atoms with Gasteiger partial charge in [0.15, 0.2) is 15.8 Å². The predicted octanol–water partition coefficient (Wildman–Crippen LogP) is 1.74. The minimum absolute atomic E-state index is 0. The van der Waals surface area contributed by atoms with Gasteiger partial charge in [-0.3, -0.25) is 4.99 Å². The molecule has 0 bridgehead atoms. The molecule has 1 aliphatic rings. The van der Waals surface area contributed by atoms with Gasteiger partial charge >= 0.3 is 0 Å². The van der Waals surface area contributed by atoms with E-state index in [9.17, 15) is 8.42 Å². The molecule has 0 spiro atoms. The van der Waals surface area contributed by atoms with E-state index in [1.54, 1.807) is 0 Å². The zero-order valence-corrected chi connectivity index (χ0v) is 15.9. The Morgan fingerprint density at radius 1 is 1.40 bits per heavy atom. The van der Waals surface area contributed by atoms with Crippen molar-refractivity contribution in [3.8, 4) is 0 Å². The first kappa shape index (κ1) is 19.9. The Hall–Kier alpha value is -0.0500. The van der Waals surface area contributed by atoms with Crippen LogP contribution in [0.15, 0.2) is 4.99 Å². The molecule has 0 aromatic rings. The molecule has 1 saturated heterocycles. The smallest absolute Gasteiger partial charge is 0.193 e. The zero-order valence-electron chi connectivity index (χ0n) is 12.8. The molecular weight excluding hydrogens is 389 g/mol. The number of nitrogens with zero attached hydrogens (tertiary/aromatic N) is 2. The molecule has 1 atom stereocenters. The molecule has 0 aromatic carbocycles.